The van der Waals surface area contributed by atoms with Crippen LogP contribution in [0.5, 0.6) is 0 Å². The Hall–Kier alpha value is -5.13. The van der Waals surface area contributed by atoms with Crippen LogP contribution in [0.3, 0.4) is 0 Å². The highest BCUT2D eigenvalue weighted by molar-refractivity contribution is 6.03. The fraction of sp³-hybridized carbons (Fsp3) is 0.382. The second-order valence-electron chi connectivity index (χ2n) is 12.2. The molecule has 0 heterocycles. The number of benzene rings is 3. The van der Waals surface area contributed by atoms with Crippen molar-refractivity contribution in [1.82, 2.24) is 10.6 Å². The lowest BCUT2D eigenvalue weighted by molar-refractivity contribution is -0.139. The minimum absolute atomic E-state index is 0.118. The number of primary amides is 1. The number of carbonyl (C=O) groups excluding carboxylic acids is 3. The van der Waals surface area contributed by atoms with Gasteiger partial charge in [0.05, 0.1) is 11.3 Å². The third kappa shape index (κ3) is 6.90. The molecule has 3 rings (SSSR count). The van der Waals surface area contributed by atoms with Gasteiger partial charge in [0.1, 0.15) is 5.54 Å². The summed E-state index contributed by atoms with van der Waals surface area (Å²) in [6.07, 6.45) is 1.88. The van der Waals surface area contributed by atoms with Crippen molar-refractivity contribution in [2.45, 2.75) is 82.7 Å². The average Bonchev–Trinajstić information content (AvgIpc) is 2.95. The molecule has 3 aromatic rings. The number of amides is 3. The molecular formula is C34H49N9O3. The van der Waals surface area contributed by atoms with Gasteiger partial charge in [-0.05, 0) is 74.2 Å². The summed E-state index contributed by atoms with van der Waals surface area (Å²) in [6, 6.07) is 14.0. The quantitative estimate of drug-likeness (QED) is 0.118. The molecule has 0 fully saturated rings. The van der Waals surface area contributed by atoms with Gasteiger partial charge in [-0.1, -0.05) is 51.3 Å². The first-order chi connectivity index (χ1) is 21.6. The van der Waals surface area contributed by atoms with Crippen molar-refractivity contribution in [2.75, 3.05) is 34.4 Å². The number of hydrogen-bond donors (Lipinski definition) is 9. The lowest BCUT2D eigenvalue weighted by Crippen LogP contribution is -2.62. The molecule has 16 N–H and O–H groups in total. The molecule has 12 heteroatoms. The van der Waals surface area contributed by atoms with E-state index in [0.29, 0.717) is 53.0 Å². The highest BCUT2D eigenvalue weighted by Crippen LogP contribution is 2.49. The van der Waals surface area contributed by atoms with Gasteiger partial charge in [0.2, 0.25) is 17.7 Å². The molecule has 0 spiro atoms. The van der Waals surface area contributed by atoms with Gasteiger partial charge in [0.25, 0.3) is 0 Å². The predicted molar refractivity (Wildman–Crippen MR) is 187 cm³/mol. The van der Waals surface area contributed by atoms with Crippen molar-refractivity contribution in [2.24, 2.45) is 5.73 Å². The highest BCUT2D eigenvalue weighted by Gasteiger charge is 2.55. The number of nitrogens with one attached hydrogen (secondary N) is 2. The number of carbonyl (C=O) groups is 3. The molecule has 3 atom stereocenters. The molecular weight excluding hydrogens is 582 g/mol. The van der Waals surface area contributed by atoms with Gasteiger partial charge < -0.3 is 50.8 Å². The van der Waals surface area contributed by atoms with Gasteiger partial charge in [-0.2, -0.15) is 0 Å². The van der Waals surface area contributed by atoms with Crippen LogP contribution in [0.15, 0.2) is 54.6 Å². The van der Waals surface area contributed by atoms with Crippen molar-refractivity contribution >= 4 is 51.8 Å². The zero-order valence-electron chi connectivity index (χ0n) is 27.2. The summed E-state index contributed by atoms with van der Waals surface area (Å²) in [5.41, 5.74) is 43.1. The molecule has 248 valence electrons. The third-order valence-electron chi connectivity index (χ3n) is 8.40. The van der Waals surface area contributed by atoms with Gasteiger partial charge in [0, 0.05) is 45.7 Å². The van der Waals surface area contributed by atoms with Crippen LogP contribution in [-0.4, -0.2) is 23.8 Å². The molecule has 0 aliphatic carbocycles. The van der Waals surface area contributed by atoms with Crippen LogP contribution in [0.25, 0.3) is 0 Å². The van der Waals surface area contributed by atoms with Crippen LogP contribution in [0, 0.1) is 0 Å². The van der Waals surface area contributed by atoms with Crippen LogP contribution < -0.4 is 50.8 Å². The normalized spacial score (nSPS) is 14.5. The van der Waals surface area contributed by atoms with E-state index in [1.165, 1.54) is 18.2 Å². The molecule has 3 amide bonds. The van der Waals surface area contributed by atoms with Crippen molar-refractivity contribution in [3.8, 4) is 0 Å². The van der Waals surface area contributed by atoms with E-state index < -0.39 is 34.6 Å². The Kier molecular flexibility index (Phi) is 11.0. The third-order valence-corrected chi connectivity index (χ3v) is 8.40. The second-order valence-corrected chi connectivity index (χ2v) is 12.2. The van der Waals surface area contributed by atoms with Crippen molar-refractivity contribution in [1.29, 1.82) is 0 Å². The van der Waals surface area contributed by atoms with E-state index >= 15 is 4.79 Å². The maximum atomic E-state index is 15.4. The number of unbranched alkanes of at least 4 members (excludes halogenated alkanes) is 1. The first-order valence-electron chi connectivity index (χ1n) is 15.5. The van der Waals surface area contributed by atoms with Gasteiger partial charge in [-0.3, -0.25) is 14.4 Å². The Labute approximate surface area is 270 Å². The van der Waals surface area contributed by atoms with Crippen LogP contribution in [-0.2, 0) is 25.3 Å². The zero-order chi connectivity index (χ0) is 34.4. The molecule has 0 saturated heterocycles. The van der Waals surface area contributed by atoms with Gasteiger partial charge in [-0.15, -0.1) is 0 Å². The van der Waals surface area contributed by atoms with Crippen molar-refractivity contribution in [3.63, 3.8) is 0 Å². The molecule has 0 saturated carbocycles. The van der Waals surface area contributed by atoms with E-state index in [0.717, 1.165) is 0 Å². The molecule has 3 aromatic carbocycles. The molecule has 0 radical (unpaired) electrons. The summed E-state index contributed by atoms with van der Waals surface area (Å²) in [4.78, 5) is 43.4. The average molecular weight is 632 g/mol. The smallest absolute Gasteiger partial charge is 0.247 e. The standard InChI is InChI=1S/C34H49N9O3/c1-5-7-15-34(31(41)45,25-13-10-22(37)18-28(25)40)43-32(46)33(14-6-2,24-12-9-21(36)17-27(24)39)29(30(44)42-19(3)4)23-11-8-20(35)16-26(23)38/h8-13,16-19,29H,5-7,14-15,35-40H2,1-4H3,(H2,41,45)(H,42,44)(H,43,46). The maximum Gasteiger partial charge on any atom is 0.247 e. The highest BCUT2D eigenvalue weighted by atomic mass is 16.2. The second kappa shape index (κ2) is 14.3. The van der Waals surface area contributed by atoms with E-state index in [1.807, 2.05) is 27.7 Å². The van der Waals surface area contributed by atoms with Crippen LogP contribution >= 0.6 is 0 Å². The van der Waals surface area contributed by atoms with Crippen LogP contribution in [0.2, 0.25) is 0 Å². The summed E-state index contributed by atoms with van der Waals surface area (Å²) in [5, 5.41) is 6.00. The Bertz CT molecular complexity index is 1590. The largest absolute Gasteiger partial charge is 0.399 e. The van der Waals surface area contributed by atoms with Crippen LogP contribution in [0.1, 0.15) is 82.4 Å². The minimum atomic E-state index is -1.77. The molecule has 3 unspecified atom stereocenters. The van der Waals surface area contributed by atoms with E-state index in [4.69, 9.17) is 40.1 Å². The number of rotatable bonds is 14. The first kappa shape index (κ1) is 35.4. The molecule has 46 heavy (non-hydrogen) atoms. The van der Waals surface area contributed by atoms with E-state index in [9.17, 15) is 9.59 Å². The summed E-state index contributed by atoms with van der Waals surface area (Å²) in [6.45, 7) is 7.46. The molecule has 0 aliphatic rings. The fourth-order valence-electron chi connectivity index (χ4n) is 6.34. The van der Waals surface area contributed by atoms with Gasteiger partial charge >= 0.3 is 0 Å². The number of hydrogen-bond acceptors (Lipinski definition) is 9. The Morgan fingerprint density at radius 3 is 1.70 bits per heavy atom. The SMILES string of the molecule is CCCCC(NC(=O)C(CCC)(c1ccc(N)cc1N)C(C(=O)NC(C)C)c1ccc(N)cc1N)(C(N)=O)c1ccc(N)cc1N. The first-order valence-corrected chi connectivity index (χ1v) is 15.5. The molecule has 0 aromatic heterocycles. The Morgan fingerprint density at radius 2 is 1.24 bits per heavy atom. The van der Waals surface area contributed by atoms with Crippen molar-refractivity contribution < 1.29 is 14.4 Å². The van der Waals surface area contributed by atoms with Gasteiger partial charge in [-0.25, -0.2) is 0 Å². The van der Waals surface area contributed by atoms with E-state index in [2.05, 4.69) is 10.6 Å². The number of anilines is 6. The lowest BCUT2D eigenvalue weighted by Gasteiger charge is -2.44. The molecule has 0 bridgehead atoms. The monoisotopic (exact) mass is 631 g/mol. The lowest BCUT2D eigenvalue weighted by atomic mass is 9.62. The number of nitrogens with two attached hydrogens (primary N) is 7. The fourth-order valence-corrected chi connectivity index (χ4v) is 6.34. The predicted octanol–water partition coefficient (Wildman–Crippen LogP) is 3.21. The summed E-state index contributed by atoms with van der Waals surface area (Å²) in [5.74, 6) is -3.20. The number of nitrogen functional groups attached to an aromatic ring is 6. The van der Waals surface area contributed by atoms with E-state index in [1.54, 1.807) is 36.4 Å². The summed E-state index contributed by atoms with van der Waals surface area (Å²) >= 11 is 0. The maximum absolute atomic E-state index is 15.4. The van der Waals surface area contributed by atoms with Crippen molar-refractivity contribution in [3.05, 3.63) is 71.3 Å². The summed E-state index contributed by atoms with van der Waals surface area (Å²) in [7, 11) is 0. The molecule has 0 aliphatic heterocycles. The minimum Gasteiger partial charge on any atom is -0.399 e. The topological polar surface area (TPSA) is 257 Å². The van der Waals surface area contributed by atoms with E-state index in [-0.39, 0.29) is 35.9 Å². The Balaban J connectivity index is 2.49. The van der Waals surface area contributed by atoms with Crippen LogP contribution in [0.4, 0.5) is 34.1 Å². The zero-order valence-corrected chi connectivity index (χ0v) is 27.2. The Morgan fingerprint density at radius 1 is 0.717 bits per heavy atom. The van der Waals surface area contributed by atoms with Gasteiger partial charge in [0.15, 0.2) is 0 Å². The summed E-state index contributed by atoms with van der Waals surface area (Å²) < 4.78 is 0. The molecule has 12 nitrogen and oxygen atoms in total.